The lowest BCUT2D eigenvalue weighted by molar-refractivity contribution is -0.274. The van der Waals surface area contributed by atoms with Crippen molar-refractivity contribution >= 4 is 46.7 Å². The zero-order valence-electron chi connectivity index (χ0n) is 15.2. The van der Waals surface area contributed by atoms with Crippen molar-refractivity contribution < 1.29 is 27.5 Å². The molecule has 0 aliphatic carbocycles. The minimum Gasteiger partial charge on any atom is -0.404 e. The largest absolute Gasteiger partial charge is 0.573 e. The molecule has 15 heteroatoms. The number of benzene rings is 1. The molecule has 31 heavy (non-hydrogen) atoms. The second-order valence-corrected chi connectivity index (χ2v) is 6.52. The molecule has 2 aromatic heterocycles. The first-order chi connectivity index (χ1) is 14.6. The average molecular weight is 476 g/mol. The van der Waals surface area contributed by atoms with Crippen LogP contribution in [0.25, 0.3) is 0 Å². The number of carbonyl (C=O) groups is 2. The first kappa shape index (κ1) is 22.2. The predicted molar refractivity (Wildman–Crippen MR) is 102 cm³/mol. The third-order valence-corrected chi connectivity index (χ3v) is 4.37. The Kier molecular flexibility index (Phi) is 6.27. The normalized spacial score (nSPS) is 11.2. The van der Waals surface area contributed by atoms with Gasteiger partial charge in [-0.2, -0.15) is 0 Å². The minimum atomic E-state index is -5.09. The summed E-state index contributed by atoms with van der Waals surface area (Å²) in [5.41, 5.74) is -0.971. The number of alkyl halides is 3. The number of pyridine rings is 1. The van der Waals surface area contributed by atoms with Gasteiger partial charge in [-0.15, -0.1) is 13.2 Å². The number of carbonyl (C=O) groups excluding carboxylic acids is 2. The van der Waals surface area contributed by atoms with Gasteiger partial charge in [0.25, 0.3) is 11.8 Å². The van der Waals surface area contributed by atoms with Crippen molar-refractivity contribution in [3.8, 4) is 5.75 Å². The predicted octanol–water partition coefficient (Wildman–Crippen LogP) is 3.32. The fourth-order valence-corrected chi connectivity index (χ4v) is 2.80. The highest BCUT2D eigenvalue weighted by atomic mass is 35.5. The lowest BCUT2D eigenvalue weighted by atomic mass is 10.1. The van der Waals surface area contributed by atoms with Crippen LogP contribution in [0.15, 0.2) is 30.6 Å². The van der Waals surface area contributed by atoms with Gasteiger partial charge in [-0.25, -0.2) is 4.68 Å². The molecule has 2 heterocycles. The summed E-state index contributed by atoms with van der Waals surface area (Å²) in [5.74, 6) is -2.64. The molecule has 0 radical (unpaired) electrons. The van der Waals surface area contributed by atoms with E-state index in [4.69, 9.17) is 23.2 Å². The number of tetrazole rings is 1. The first-order valence-electron chi connectivity index (χ1n) is 8.09. The standard InChI is InChI=1S/C16H10Cl2F3N7O3/c1-28-15(25-26-27-28)24-14(30)8-2-3-10(31-16(19,20)21)12(11(8)18)23-13(29)7-4-5-22-6-9(7)17/h2-6H,1H3,(H,23,29)(H,24,25,27,30). The van der Waals surface area contributed by atoms with Gasteiger partial charge in [-0.3, -0.25) is 19.9 Å². The number of anilines is 2. The molecule has 162 valence electrons. The van der Waals surface area contributed by atoms with Gasteiger partial charge in [0, 0.05) is 19.4 Å². The number of nitrogens with zero attached hydrogens (tertiary/aromatic N) is 5. The average Bonchev–Trinajstić information content (AvgIpc) is 3.08. The number of aromatic nitrogens is 5. The molecule has 0 saturated heterocycles. The Morgan fingerprint density at radius 1 is 1.10 bits per heavy atom. The number of nitrogens with one attached hydrogen (secondary N) is 2. The van der Waals surface area contributed by atoms with Gasteiger partial charge < -0.3 is 10.1 Å². The quantitative estimate of drug-likeness (QED) is 0.579. The maximum Gasteiger partial charge on any atom is 0.573 e. The number of amides is 2. The molecule has 2 N–H and O–H groups in total. The molecule has 0 atom stereocenters. The van der Waals surface area contributed by atoms with Crippen molar-refractivity contribution in [2.75, 3.05) is 10.6 Å². The smallest absolute Gasteiger partial charge is 0.404 e. The van der Waals surface area contributed by atoms with Crippen LogP contribution >= 0.6 is 23.2 Å². The van der Waals surface area contributed by atoms with Crippen LogP contribution in [0.3, 0.4) is 0 Å². The topological polar surface area (TPSA) is 124 Å². The number of hydrogen-bond acceptors (Lipinski definition) is 7. The van der Waals surface area contributed by atoms with Gasteiger partial charge in [0.2, 0.25) is 5.95 Å². The SMILES string of the molecule is Cn1nnnc1NC(=O)c1ccc(OC(F)(F)F)c(NC(=O)c2ccncc2Cl)c1Cl. The van der Waals surface area contributed by atoms with E-state index >= 15 is 0 Å². The molecular weight excluding hydrogens is 466 g/mol. The molecule has 3 rings (SSSR count). The van der Waals surface area contributed by atoms with Crippen LogP contribution in [-0.2, 0) is 7.05 Å². The van der Waals surface area contributed by atoms with E-state index in [0.29, 0.717) is 0 Å². The molecule has 0 aliphatic rings. The van der Waals surface area contributed by atoms with Crippen LogP contribution in [0.4, 0.5) is 24.8 Å². The number of rotatable bonds is 5. The van der Waals surface area contributed by atoms with E-state index in [-0.39, 0.29) is 22.1 Å². The van der Waals surface area contributed by atoms with E-state index in [9.17, 15) is 22.8 Å². The summed E-state index contributed by atoms with van der Waals surface area (Å²) >= 11 is 12.1. The van der Waals surface area contributed by atoms with E-state index in [0.717, 1.165) is 16.8 Å². The fraction of sp³-hybridized carbons (Fsp3) is 0.125. The summed E-state index contributed by atoms with van der Waals surface area (Å²) in [6.45, 7) is 0. The maximum absolute atomic E-state index is 12.8. The highest BCUT2D eigenvalue weighted by Crippen LogP contribution is 2.39. The molecule has 0 aliphatic heterocycles. The van der Waals surface area contributed by atoms with Crippen LogP contribution in [0.1, 0.15) is 20.7 Å². The summed E-state index contributed by atoms with van der Waals surface area (Å²) in [6.07, 6.45) is -2.66. The van der Waals surface area contributed by atoms with Gasteiger partial charge in [-0.05, 0) is 28.6 Å². The zero-order chi connectivity index (χ0) is 22.8. The summed E-state index contributed by atoms with van der Waals surface area (Å²) in [5, 5.41) is 14.4. The van der Waals surface area contributed by atoms with Crippen LogP contribution in [0, 0.1) is 0 Å². The van der Waals surface area contributed by atoms with E-state index < -0.39 is 34.6 Å². The molecule has 0 bridgehead atoms. The van der Waals surface area contributed by atoms with Crippen molar-refractivity contribution in [3.05, 3.63) is 51.8 Å². The van der Waals surface area contributed by atoms with Crippen molar-refractivity contribution in [1.82, 2.24) is 25.2 Å². The van der Waals surface area contributed by atoms with Gasteiger partial charge in [-0.1, -0.05) is 28.3 Å². The number of aryl methyl sites for hydroxylation is 1. The Hall–Kier alpha value is -3.45. The lowest BCUT2D eigenvalue weighted by Crippen LogP contribution is -2.21. The number of halogens is 5. The lowest BCUT2D eigenvalue weighted by Gasteiger charge is -2.17. The van der Waals surface area contributed by atoms with Crippen LogP contribution in [0.2, 0.25) is 10.0 Å². The monoisotopic (exact) mass is 475 g/mol. The highest BCUT2D eigenvalue weighted by molar-refractivity contribution is 6.38. The van der Waals surface area contributed by atoms with Crippen molar-refractivity contribution in [2.45, 2.75) is 6.36 Å². The van der Waals surface area contributed by atoms with Crippen molar-refractivity contribution in [3.63, 3.8) is 0 Å². The second-order valence-electron chi connectivity index (χ2n) is 5.74. The number of ether oxygens (including phenoxy) is 1. The summed E-state index contributed by atoms with van der Waals surface area (Å²) in [6, 6.07) is 3.05. The Balaban J connectivity index is 2.00. The summed E-state index contributed by atoms with van der Waals surface area (Å²) in [7, 11) is 1.45. The van der Waals surface area contributed by atoms with Crippen LogP contribution in [0.5, 0.6) is 5.75 Å². The van der Waals surface area contributed by atoms with E-state index in [1.54, 1.807) is 0 Å². The highest BCUT2D eigenvalue weighted by Gasteiger charge is 2.34. The molecule has 1 aromatic carbocycles. The minimum absolute atomic E-state index is 0.0502. The van der Waals surface area contributed by atoms with Gasteiger partial charge in [0.15, 0.2) is 5.75 Å². The Morgan fingerprint density at radius 3 is 2.42 bits per heavy atom. The molecule has 2 amide bonds. The molecule has 10 nitrogen and oxygen atoms in total. The second kappa shape index (κ2) is 8.73. The molecular formula is C16H10Cl2F3N7O3. The molecule has 3 aromatic rings. The van der Waals surface area contributed by atoms with E-state index in [1.807, 2.05) is 0 Å². The summed E-state index contributed by atoms with van der Waals surface area (Å²) < 4.78 is 43.5. The number of hydrogen-bond donors (Lipinski definition) is 2. The maximum atomic E-state index is 12.8. The Bertz CT molecular complexity index is 1150. The van der Waals surface area contributed by atoms with Crippen LogP contribution < -0.4 is 15.4 Å². The molecule has 0 unspecified atom stereocenters. The third kappa shape index (κ3) is 5.19. The van der Waals surface area contributed by atoms with Crippen molar-refractivity contribution in [1.29, 1.82) is 0 Å². The molecule has 0 spiro atoms. The van der Waals surface area contributed by atoms with Crippen LogP contribution in [-0.4, -0.2) is 43.4 Å². The third-order valence-electron chi connectivity index (χ3n) is 3.68. The Morgan fingerprint density at radius 2 is 1.81 bits per heavy atom. The van der Waals surface area contributed by atoms with E-state index in [2.05, 4.69) is 35.9 Å². The Labute approximate surface area is 181 Å². The molecule has 0 fully saturated rings. The first-order valence-corrected chi connectivity index (χ1v) is 8.85. The zero-order valence-corrected chi connectivity index (χ0v) is 16.7. The van der Waals surface area contributed by atoms with Gasteiger partial charge in [0.05, 0.1) is 21.2 Å². The van der Waals surface area contributed by atoms with E-state index in [1.165, 1.54) is 25.5 Å². The summed E-state index contributed by atoms with van der Waals surface area (Å²) in [4.78, 5) is 28.8. The van der Waals surface area contributed by atoms with Gasteiger partial charge in [0.1, 0.15) is 5.69 Å². The van der Waals surface area contributed by atoms with Crippen molar-refractivity contribution in [2.24, 2.45) is 7.05 Å². The fourth-order valence-electron chi connectivity index (χ4n) is 2.30. The van der Waals surface area contributed by atoms with Gasteiger partial charge >= 0.3 is 6.36 Å². The molecule has 0 saturated carbocycles.